The Balaban J connectivity index is 1.73. The average Bonchev–Trinajstić information content (AvgIpc) is 3.04. The summed E-state index contributed by atoms with van der Waals surface area (Å²) in [5, 5.41) is 12.2. The minimum absolute atomic E-state index is 0.427. The van der Waals surface area contributed by atoms with E-state index in [0.717, 1.165) is 18.9 Å². The second-order valence-electron chi connectivity index (χ2n) is 4.98. The lowest BCUT2D eigenvalue weighted by Gasteiger charge is -2.19. The highest BCUT2D eigenvalue weighted by Crippen LogP contribution is 2.60. The summed E-state index contributed by atoms with van der Waals surface area (Å²) in [6, 6.07) is 2.68. The van der Waals surface area contributed by atoms with E-state index in [1.54, 1.807) is 0 Å². The van der Waals surface area contributed by atoms with Gasteiger partial charge in [-0.2, -0.15) is 5.26 Å². The first kappa shape index (κ1) is 9.98. The number of nitriles is 1. The van der Waals surface area contributed by atoms with Crippen molar-refractivity contribution < 1.29 is 0 Å². The zero-order chi connectivity index (χ0) is 10.0. The van der Waals surface area contributed by atoms with E-state index in [1.165, 1.54) is 25.7 Å². The SMILES string of the molecule is CCC(CC#N)NCC1(C2CC2)CC1. The van der Waals surface area contributed by atoms with Gasteiger partial charge in [-0.15, -0.1) is 0 Å². The predicted octanol–water partition coefficient (Wildman–Crippen LogP) is 2.46. The summed E-state index contributed by atoms with van der Waals surface area (Å²) in [7, 11) is 0. The van der Waals surface area contributed by atoms with Crippen LogP contribution in [0.3, 0.4) is 0 Å². The van der Waals surface area contributed by atoms with Crippen LogP contribution in [-0.4, -0.2) is 12.6 Å². The van der Waals surface area contributed by atoms with E-state index in [-0.39, 0.29) is 0 Å². The maximum absolute atomic E-state index is 8.64. The summed E-state index contributed by atoms with van der Waals surface area (Å²) < 4.78 is 0. The Morgan fingerprint density at radius 3 is 2.64 bits per heavy atom. The molecule has 2 nitrogen and oxygen atoms in total. The van der Waals surface area contributed by atoms with Crippen molar-refractivity contribution in [3.63, 3.8) is 0 Å². The lowest BCUT2D eigenvalue weighted by molar-refractivity contribution is 0.368. The zero-order valence-corrected chi connectivity index (χ0v) is 9.05. The van der Waals surface area contributed by atoms with Gasteiger partial charge in [-0.25, -0.2) is 0 Å². The molecule has 0 spiro atoms. The highest BCUT2D eigenvalue weighted by molar-refractivity contribution is 5.05. The number of nitrogens with zero attached hydrogens (tertiary/aromatic N) is 1. The summed E-state index contributed by atoms with van der Waals surface area (Å²) in [6.45, 7) is 3.32. The summed E-state index contributed by atoms with van der Waals surface area (Å²) in [5.74, 6) is 1.02. The molecule has 0 saturated heterocycles. The van der Waals surface area contributed by atoms with Crippen molar-refractivity contribution in [2.45, 2.75) is 51.5 Å². The molecule has 0 aromatic carbocycles. The van der Waals surface area contributed by atoms with E-state index < -0.39 is 0 Å². The van der Waals surface area contributed by atoms with E-state index in [0.29, 0.717) is 17.9 Å². The summed E-state index contributed by atoms with van der Waals surface area (Å²) in [5.41, 5.74) is 0.670. The van der Waals surface area contributed by atoms with Gasteiger partial charge >= 0.3 is 0 Å². The lowest BCUT2D eigenvalue weighted by Crippen LogP contribution is -2.34. The first-order valence-corrected chi connectivity index (χ1v) is 5.91. The maximum Gasteiger partial charge on any atom is 0.0638 e. The van der Waals surface area contributed by atoms with Crippen LogP contribution in [0.2, 0.25) is 0 Å². The standard InChI is InChI=1S/C12H20N2/c1-2-11(5-8-13)14-9-12(6-7-12)10-3-4-10/h10-11,14H,2-7,9H2,1H3. The van der Waals surface area contributed by atoms with Crippen LogP contribution in [0.25, 0.3) is 0 Å². The summed E-state index contributed by atoms with van der Waals surface area (Å²) >= 11 is 0. The molecule has 2 rings (SSSR count). The quantitative estimate of drug-likeness (QED) is 0.701. The molecule has 2 aliphatic rings. The third kappa shape index (κ3) is 2.09. The van der Waals surface area contributed by atoms with Crippen LogP contribution < -0.4 is 5.32 Å². The molecule has 78 valence electrons. The number of rotatable bonds is 6. The Morgan fingerprint density at radius 2 is 2.21 bits per heavy atom. The second-order valence-corrected chi connectivity index (χ2v) is 4.98. The maximum atomic E-state index is 8.64. The van der Waals surface area contributed by atoms with E-state index in [4.69, 9.17) is 5.26 Å². The van der Waals surface area contributed by atoms with Crippen LogP contribution in [0.1, 0.15) is 45.4 Å². The zero-order valence-electron chi connectivity index (χ0n) is 9.05. The van der Waals surface area contributed by atoms with Crippen LogP contribution in [0.5, 0.6) is 0 Å². The van der Waals surface area contributed by atoms with Crippen molar-refractivity contribution in [2.75, 3.05) is 6.54 Å². The van der Waals surface area contributed by atoms with Crippen molar-refractivity contribution in [1.82, 2.24) is 5.32 Å². The Labute approximate surface area is 86.7 Å². The fourth-order valence-electron chi connectivity index (χ4n) is 2.40. The fourth-order valence-corrected chi connectivity index (χ4v) is 2.40. The second kappa shape index (κ2) is 3.90. The normalized spacial score (nSPS) is 25.4. The van der Waals surface area contributed by atoms with Crippen LogP contribution in [0, 0.1) is 22.7 Å². The molecule has 1 N–H and O–H groups in total. The van der Waals surface area contributed by atoms with Crippen LogP contribution in [0.4, 0.5) is 0 Å². The van der Waals surface area contributed by atoms with Gasteiger partial charge in [-0.1, -0.05) is 6.92 Å². The molecule has 2 aliphatic carbocycles. The van der Waals surface area contributed by atoms with Gasteiger partial charge < -0.3 is 5.32 Å². The van der Waals surface area contributed by atoms with Gasteiger partial charge in [0, 0.05) is 12.6 Å². The van der Waals surface area contributed by atoms with Gasteiger partial charge in [0.05, 0.1) is 12.5 Å². The van der Waals surface area contributed by atoms with Gasteiger partial charge in [0.1, 0.15) is 0 Å². The minimum atomic E-state index is 0.427. The van der Waals surface area contributed by atoms with E-state index in [2.05, 4.69) is 18.3 Å². The van der Waals surface area contributed by atoms with Crippen molar-refractivity contribution in [3.8, 4) is 6.07 Å². The topological polar surface area (TPSA) is 35.8 Å². The first-order chi connectivity index (χ1) is 6.80. The van der Waals surface area contributed by atoms with E-state index >= 15 is 0 Å². The molecule has 14 heavy (non-hydrogen) atoms. The Hall–Kier alpha value is -0.550. The van der Waals surface area contributed by atoms with Gasteiger partial charge in [-0.3, -0.25) is 0 Å². The molecule has 0 bridgehead atoms. The number of hydrogen-bond acceptors (Lipinski definition) is 2. The van der Waals surface area contributed by atoms with Crippen LogP contribution >= 0.6 is 0 Å². The monoisotopic (exact) mass is 192 g/mol. The molecule has 0 amide bonds. The van der Waals surface area contributed by atoms with Crippen LogP contribution in [0.15, 0.2) is 0 Å². The van der Waals surface area contributed by atoms with Crippen molar-refractivity contribution in [1.29, 1.82) is 5.26 Å². The van der Waals surface area contributed by atoms with Gasteiger partial charge in [0.15, 0.2) is 0 Å². The van der Waals surface area contributed by atoms with Crippen molar-refractivity contribution in [3.05, 3.63) is 0 Å². The Morgan fingerprint density at radius 1 is 1.50 bits per heavy atom. The molecule has 2 saturated carbocycles. The summed E-state index contributed by atoms with van der Waals surface area (Å²) in [6.07, 6.45) is 7.50. The third-order valence-corrected chi connectivity index (χ3v) is 3.91. The molecule has 0 aliphatic heterocycles. The van der Waals surface area contributed by atoms with Crippen molar-refractivity contribution in [2.24, 2.45) is 11.3 Å². The first-order valence-electron chi connectivity index (χ1n) is 5.91. The smallest absolute Gasteiger partial charge is 0.0638 e. The molecular weight excluding hydrogens is 172 g/mol. The third-order valence-electron chi connectivity index (χ3n) is 3.91. The Bertz CT molecular complexity index is 233. The van der Waals surface area contributed by atoms with Gasteiger partial charge in [-0.05, 0) is 43.4 Å². The predicted molar refractivity (Wildman–Crippen MR) is 56.7 cm³/mol. The number of nitrogens with one attached hydrogen (secondary N) is 1. The lowest BCUT2D eigenvalue weighted by atomic mass is 10.00. The highest BCUT2D eigenvalue weighted by Gasteiger charge is 2.53. The molecular formula is C12H20N2. The molecule has 0 aromatic heterocycles. The van der Waals surface area contributed by atoms with Crippen molar-refractivity contribution >= 4 is 0 Å². The largest absolute Gasteiger partial charge is 0.312 e. The Kier molecular flexibility index (Phi) is 2.78. The number of hydrogen-bond donors (Lipinski definition) is 1. The molecule has 2 fully saturated rings. The molecule has 0 heterocycles. The summed E-state index contributed by atoms with van der Waals surface area (Å²) in [4.78, 5) is 0. The molecule has 0 radical (unpaired) electrons. The van der Waals surface area contributed by atoms with E-state index in [1.807, 2.05) is 0 Å². The minimum Gasteiger partial charge on any atom is -0.312 e. The van der Waals surface area contributed by atoms with Gasteiger partial charge in [0.25, 0.3) is 0 Å². The molecule has 1 unspecified atom stereocenters. The van der Waals surface area contributed by atoms with Gasteiger partial charge in [0.2, 0.25) is 0 Å². The molecule has 1 atom stereocenters. The molecule has 0 aromatic rings. The highest BCUT2D eigenvalue weighted by atomic mass is 14.9. The average molecular weight is 192 g/mol. The van der Waals surface area contributed by atoms with E-state index in [9.17, 15) is 0 Å². The molecule has 2 heteroatoms. The fraction of sp³-hybridized carbons (Fsp3) is 0.917. The van der Waals surface area contributed by atoms with Crippen LogP contribution in [-0.2, 0) is 0 Å².